The molecule has 2 heterocycles. The average molecular weight is 409 g/mol. The first-order chi connectivity index (χ1) is 12.4. The minimum absolute atomic E-state index is 0.0539. The molecule has 0 spiro atoms. The lowest BCUT2D eigenvalue weighted by Gasteiger charge is -2.10. The van der Waals surface area contributed by atoms with E-state index in [1.807, 2.05) is 6.07 Å². The Kier molecular flexibility index (Phi) is 5.50. The van der Waals surface area contributed by atoms with Crippen molar-refractivity contribution in [3.63, 3.8) is 0 Å². The quantitative estimate of drug-likeness (QED) is 0.526. The molecule has 0 unspecified atom stereocenters. The summed E-state index contributed by atoms with van der Waals surface area (Å²) >= 11 is 13.2. The molecule has 134 valence electrons. The standard InChI is InChI=1S/C17H14Cl2N4O2S/c1-9-11(18)7-20-15(14(9)19)22-13(24)8-26-17-21-12-6-4-3-5-10(12)16(25)23(17)2/h3-7H,8H2,1-2H3,(H,20,22,24). The number of thioether (sulfide) groups is 1. The van der Waals surface area contributed by atoms with E-state index >= 15 is 0 Å². The Bertz CT molecular complexity index is 1070. The van der Waals surface area contributed by atoms with Crippen molar-refractivity contribution in [1.29, 1.82) is 0 Å². The van der Waals surface area contributed by atoms with Crippen LogP contribution in [0.4, 0.5) is 5.82 Å². The Labute approximate surface area is 163 Å². The molecule has 0 aliphatic rings. The van der Waals surface area contributed by atoms with Gasteiger partial charge < -0.3 is 5.32 Å². The molecule has 1 aromatic carbocycles. The molecule has 0 aliphatic carbocycles. The van der Waals surface area contributed by atoms with Crippen molar-refractivity contribution in [2.75, 3.05) is 11.1 Å². The number of hydrogen-bond acceptors (Lipinski definition) is 5. The van der Waals surface area contributed by atoms with Gasteiger partial charge in [0.2, 0.25) is 5.91 Å². The highest BCUT2D eigenvalue weighted by atomic mass is 35.5. The van der Waals surface area contributed by atoms with E-state index in [0.29, 0.717) is 31.7 Å². The molecule has 1 amide bonds. The second-order valence-electron chi connectivity index (χ2n) is 5.51. The van der Waals surface area contributed by atoms with E-state index in [1.165, 1.54) is 10.8 Å². The van der Waals surface area contributed by atoms with E-state index in [1.54, 1.807) is 32.2 Å². The van der Waals surface area contributed by atoms with Crippen LogP contribution in [-0.2, 0) is 11.8 Å². The number of fused-ring (bicyclic) bond motifs is 1. The second kappa shape index (κ2) is 7.65. The topological polar surface area (TPSA) is 76.9 Å². The number of carbonyl (C=O) groups excluding carboxylic acids is 1. The van der Waals surface area contributed by atoms with Crippen LogP contribution >= 0.6 is 35.0 Å². The van der Waals surface area contributed by atoms with Crippen molar-refractivity contribution >= 4 is 57.6 Å². The minimum Gasteiger partial charge on any atom is -0.309 e. The Balaban J connectivity index is 1.76. The van der Waals surface area contributed by atoms with Gasteiger partial charge in [0.25, 0.3) is 5.56 Å². The summed E-state index contributed by atoms with van der Waals surface area (Å²) in [7, 11) is 1.63. The first kappa shape index (κ1) is 18.7. The Hall–Kier alpha value is -2.09. The van der Waals surface area contributed by atoms with Gasteiger partial charge in [-0.1, -0.05) is 47.1 Å². The molecule has 2 aromatic heterocycles. The minimum atomic E-state index is -0.312. The van der Waals surface area contributed by atoms with E-state index in [0.717, 1.165) is 11.8 Å². The average Bonchev–Trinajstić information content (AvgIpc) is 2.64. The molecule has 1 N–H and O–H groups in total. The van der Waals surface area contributed by atoms with E-state index in [-0.39, 0.29) is 23.0 Å². The number of nitrogens with one attached hydrogen (secondary N) is 1. The van der Waals surface area contributed by atoms with Gasteiger partial charge in [0.15, 0.2) is 11.0 Å². The Morgan fingerprint density at radius 1 is 1.31 bits per heavy atom. The summed E-state index contributed by atoms with van der Waals surface area (Å²) in [6.45, 7) is 1.74. The van der Waals surface area contributed by atoms with Gasteiger partial charge in [0, 0.05) is 13.2 Å². The number of pyridine rings is 1. The van der Waals surface area contributed by atoms with Gasteiger partial charge in [-0.15, -0.1) is 0 Å². The highest BCUT2D eigenvalue weighted by Gasteiger charge is 2.14. The first-order valence-corrected chi connectivity index (χ1v) is 9.31. The lowest BCUT2D eigenvalue weighted by molar-refractivity contribution is -0.113. The molecular weight excluding hydrogens is 395 g/mol. The van der Waals surface area contributed by atoms with E-state index < -0.39 is 0 Å². The maximum absolute atomic E-state index is 12.4. The van der Waals surface area contributed by atoms with E-state index in [9.17, 15) is 9.59 Å². The van der Waals surface area contributed by atoms with Gasteiger partial charge >= 0.3 is 0 Å². The molecule has 0 aliphatic heterocycles. The van der Waals surface area contributed by atoms with Gasteiger partial charge in [-0.05, 0) is 24.6 Å². The molecule has 0 atom stereocenters. The normalized spacial score (nSPS) is 10.9. The number of hydrogen-bond donors (Lipinski definition) is 1. The van der Waals surface area contributed by atoms with Crippen molar-refractivity contribution in [2.45, 2.75) is 12.1 Å². The summed E-state index contributed by atoms with van der Waals surface area (Å²) < 4.78 is 1.43. The van der Waals surface area contributed by atoms with Crippen LogP contribution in [0.1, 0.15) is 5.56 Å². The zero-order valence-electron chi connectivity index (χ0n) is 13.9. The summed E-state index contributed by atoms with van der Waals surface area (Å²) in [4.78, 5) is 33.1. The van der Waals surface area contributed by atoms with Crippen LogP contribution in [0.3, 0.4) is 0 Å². The number of aromatic nitrogens is 3. The largest absolute Gasteiger partial charge is 0.309 e. The molecule has 6 nitrogen and oxygen atoms in total. The maximum Gasteiger partial charge on any atom is 0.261 e. The fourth-order valence-electron chi connectivity index (χ4n) is 2.27. The number of rotatable bonds is 4. The molecule has 3 aromatic rings. The lowest BCUT2D eigenvalue weighted by atomic mass is 10.2. The first-order valence-electron chi connectivity index (χ1n) is 7.57. The SMILES string of the molecule is Cc1c(Cl)cnc(NC(=O)CSc2nc3ccccc3c(=O)n2C)c1Cl. The van der Waals surface area contributed by atoms with Crippen LogP contribution in [0.15, 0.2) is 40.4 Å². The van der Waals surface area contributed by atoms with Crippen LogP contribution < -0.4 is 10.9 Å². The van der Waals surface area contributed by atoms with Gasteiger partial charge in [-0.25, -0.2) is 9.97 Å². The highest BCUT2D eigenvalue weighted by Crippen LogP contribution is 2.28. The maximum atomic E-state index is 12.4. The van der Waals surface area contributed by atoms with Gasteiger partial charge in [-0.3, -0.25) is 14.2 Å². The number of benzene rings is 1. The predicted octanol–water partition coefficient (Wildman–Crippen LogP) is 3.67. The van der Waals surface area contributed by atoms with Crippen molar-refractivity contribution in [2.24, 2.45) is 7.05 Å². The number of para-hydroxylation sites is 1. The Morgan fingerprint density at radius 2 is 2.04 bits per heavy atom. The van der Waals surface area contributed by atoms with Crippen LogP contribution in [0.5, 0.6) is 0 Å². The van der Waals surface area contributed by atoms with E-state index in [4.69, 9.17) is 23.2 Å². The fraction of sp³-hybridized carbons (Fsp3) is 0.176. The van der Waals surface area contributed by atoms with Gasteiger partial charge in [-0.2, -0.15) is 0 Å². The second-order valence-corrected chi connectivity index (χ2v) is 7.23. The molecule has 3 rings (SSSR count). The number of nitrogens with zero attached hydrogens (tertiary/aromatic N) is 3. The molecule has 26 heavy (non-hydrogen) atoms. The molecule has 0 saturated heterocycles. The summed E-state index contributed by atoms with van der Waals surface area (Å²) in [5.41, 5.74) is 1.08. The summed E-state index contributed by atoms with van der Waals surface area (Å²) in [5, 5.41) is 4.36. The number of amides is 1. The zero-order valence-corrected chi connectivity index (χ0v) is 16.2. The summed E-state index contributed by atoms with van der Waals surface area (Å²) in [5.74, 6) is -0.00811. The zero-order chi connectivity index (χ0) is 18.8. The third kappa shape index (κ3) is 3.70. The van der Waals surface area contributed by atoms with E-state index in [2.05, 4.69) is 15.3 Å². The van der Waals surface area contributed by atoms with Crippen LogP contribution in [0, 0.1) is 6.92 Å². The van der Waals surface area contributed by atoms with Crippen molar-refractivity contribution in [3.8, 4) is 0 Å². The Morgan fingerprint density at radius 3 is 2.81 bits per heavy atom. The van der Waals surface area contributed by atoms with Crippen molar-refractivity contribution < 1.29 is 4.79 Å². The summed E-state index contributed by atoms with van der Waals surface area (Å²) in [6, 6.07) is 7.09. The highest BCUT2D eigenvalue weighted by molar-refractivity contribution is 7.99. The molecule has 0 saturated carbocycles. The summed E-state index contributed by atoms with van der Waals surface area (Å²) in [6.07, 6.45) is 1.43. The number of carbonyl (C=O) groups is 1. The predicted molar refractivity (Wildman–Crippen MR) is 105 cm³/mol. The smallest absolute Gasteiger partial charge is 0.261 e. The third-order valence-corrected chi connectivity index (χ3v) is 5.61. The molecular formula is C17H14Cl2N4O2S. The van der Waals surface area contributed by atoms with Gasteiger partial charge in [0.05, 0.1) is 26.7 Å². The lowest BCUT2D eigenvalue weighted by Crippen LogP contribution is -2.21. The molecule has 0 radical (unpaired) electrons. The van der Waals surface area contributed by atoms with Crippen molar-refractivity contribution in [3.05, 3.63) is 56.4 Å². The van der Waals surface area contributed by atoms with Crippen LogP contribution in [0.2, 0.25) is 10.0 Å². The van der Waals surface area contributed by atoms with Crippen LogP contribution in [0.25, 0.3) is 10.9 Å². The van der Waals surface area contributed by atoms with Gasteiger partial charge in [0.1, 0.15) is 0 Å². The number of anilines is 1. The third-order valence-electron chi connectivity index (χ3n) is 3.73. The molecule has 0 bridgehead atoms. The number of halogens is 2. The molecule has 0 fully saturated rings. The fourth-order valence-corrected chi connectivity index (χ4v) is 3.43. The van der Waals surface area contributed by atoms with Crippen molar-refractivity contribution in [1.82, 2.24) is 14.5 Å². The monoisotopic (exact) mass is 408 g/mol. The van der Waals surface area contributed by atoms with Crippen LogP contribution in [-0.4, -0.2) is 26.2 Å². The molecule has 9 heteroatoms.